The lowest BCUT2D eigenvalue weighted by Crippen LogP contribution is -2.26. The van der Waals surface area contributed by atoms with E-state index in [0.29, 0.717) is 12.8 Å². The minimum absolute atomic E-state index is 0.325. The molecule has 5 nitrogen and oxygen atoms in total. The van der Waals surface area contributed by atoms with Crippen LogP contribution in [0.2, 0.25) is 0 Å². The molecule has 1 atom stereocenters. The Labute approximate surface area is 154 Å². The molecule has 1 N–H and O–H groups in total. The van der Waals surface area contributed by atoms with Gasteiger partial charge in [-0.2, -0.15) is 8.42 Å². The van der Waals surface area contributed by atoms with E-state index < -0.39 is 22.0 Å². The van der Waals surface area contributed by atoms with Crippen LogP contribution in [-0.4, -0.2) is 30.8 Å². The van der Waals surface area contributed by atoms with E-state index in [1.807, 2.05) is 6.92 Å². The first-order valence-electron chi connectivity index (χ1n) is 10.0. The monoisotopic (exact) mass is 378 g/mol. The van der Waals surface area contributed by atoms with Crippen molar-refractivity contribution in [3.05, 3.63) is 0 Å². The molecule has 0 aliphatic heterocycles. The topological polar surface area (TPSA) is 80.7 Å². The second-order valence-corrected chi connectivity index (χ2v) is 8.43. The molecule has 6 heteroatoms. The zero-order valence-corrected chi connectivity index (χ0v) is 17.0. The van der Waals surface area contributed by atoms with Gasteiger partial charge in [-0.1, -0.05) is 78.1 Å². The summed E-state index contributed by atoms with van der Waals surface area (Å²) < 4.78 is 36.3. The van der Waals surface area contributed by atoms with Crippen LogP contribution in [0.4, 0.5) is 0 Å². The molecular formula is C19H38O5S. The van der Waals surface area contributed by atoms with Crippen molar-refractivity contribution in [3.63, 3.8) is 0 Å². The number of carbonyl (C=O) groups is 1. The van der Waals surface area contributed by atoms with Crippen molar-refractivity contribution in [2.24, 2.45) is 0 Å². The molecule has 1 unspecified atom stereocenters. The first kappa shape index (κ1) is 24.4. The molecule has 0 aliphatic carbocycles. The SMILES string of the molecule is CCCCCCCCCCCC(=O)OC(CCCCC)CS(=O)(=O)O. The van der Waals surface area contributed by atoms with Gasteiger partial charge in [0.15, 0.2) is 0 Å². The van der Waals surface area contributed by atoms with Crippen LogP contribution in [0.1, 0.15) is 104 Å². The molecule has 0 heterocycles. The molecule has 0 aliphatic rings. The fourth-order valence-electron chi connectivity index (χ4n) is 2.86. The number of esters is 1. The molecule has 0 aromatic carbocycles. The molecule has 0 aromatic rings. The van der Waals surface area contributed by atoms with E-state index in [4.69, 9.17) is 9.29 Å². The van der Waals surface area contributed by atoms with Gasteiger partial charge in [0.25, 0.3) is 10.1 Å². The van der Waals surface area contributed by atoms with Crippen LogP contribution in [0, 0.1) is 0 Å². The van der Waals surface area contributed by atoms with Gasteiger partial charge in [-0.05, 0) is 19.3 Å². The Hall–Kier alpha value is -0.620. The Bertz CT molecular complexity index is 420. The van der Waals surface area contributed by atoms with Crippen LogP contribution in [0.15, 0.2) is 0 Å². The zero-order valence-electron chi connectivity index (χ0n) is 16.2. The average Bonchev–Trinajstić information content (AvgIpc) is 2.52. The highest BCUT2D eigenvalue weighted by Crippen LogP contribution is 2.13. The number of hydrogen-bond donors (Lipinski definition) is 1. The van der Waals surface area contributed by atoms with Crippen LogP contribution in [0.25, 0.3) is 0 Å². The molecule has 0 bridgehead atoms. The summed E-state index contributed by atoms with van der Waals surface area (Å²) in [6, 6.07) is 0. The van der Waals surface area contributed by atoms with Gasteiger partial charge in [-0.3, -0.25) is 9.35 Å². The van der Waals surface area contributed by atoms with Crippen LogP contribution >= 0.6 is 0 Å². The molecule has 25 heavy (non-hydrogen) atoms. The predicted octanol–water partition coefficient (Wildman–Crippen LogP) is 5.29. The zero-order chi connectivity index (χ0) is 19.0. The normalized spacial score (nSPS) is 12.9. The Balaban J connectivity index is 3.86. The lowest BCUT2D eigenvalue weighted by molar-refractivity contribution is -0.148. The van der Waals surface area contributed by atoms with Gasteiger partial charge in [0, 0.05) is 6.42 Å². The van der Waals surface area contributed by atoms with Crippen molar-refractivity contribution in [1.29, 1.82) is 0 Å². The number of unbranched alkanes of at least 4 members (excludes halogenated alkanes) is 10. The van der Waals surface area contributed by atoms with Crippen molar-refractivity contribution in [2.45, 2.75) is 110 Å². The van der Waals surface area contributed by atoms with E-state index in [9.17, 15) is 13.2 Å². The highest BCUT2D eigenvalue weighted by atomic mass is 32.2. The van der Waals surface area contributed by atoms with Crippen molar-refractivity contribution in [1.82, 2.24) is 0 Å². The molecule has 0 aromatic heterocycles. The van der Waals surface area contributed by atoms with Crippen LogP contribution < -0.4 is 0 Å². The maximum absolute atomic E-state index is 11.9. The quantitative estimate of drug-likeness (QED) is 0.211. The summed E-state index contributed by atoms with van der Waals surface area (Å²) >= 11 is 0. The molecule has 0 saturated carbocycles. The van der Waals surface area contributed by atoms with E-state index in [1.54, 1.807) is 0 Å². The third-order valence-corrected chi connectivity index (χ3v) is 5.10. The van der Waals surface area contributed by atoms with Crippen LogP contribution in [0.3, 0.4) is 0 Å². The van der Waals surface area contributed by atoms with Crippen molar-refractivity contribution < 1.29 is 22.5 Å². The van der Waals surface area contributed by atoms with Crippen molar-refractivity contribution in [2.75, 3.05) is 5.75 Å². The molecule has 0 amide bonds. The van der Waals surface area contributed by atoms with E-state index >= 15 is 0 Å². The maximum atomic E-state index is 11.9. The smallest absolute Gasteiger partial charge is 0.306 e. The number of hydrogen-bond acceptors (Lipinski definition) is 4. The van der Waals surface area contributed by atoms with Gasteiger partial charge in [0.1, 0.15) is 11.9 Å². The molecule has 0 rings (SSSR count). The summed E-state index contributed by atoms with van der Waals surface area (Å²) in [7, 11) is -4.13. The molecule has 0 saturated heterocycles. The van der Waals surface area contributed by atoms with E-state index in [-0.39, 0.29) is 5.97 Å². The van der Waals surface area contributed by atoms with Gasteiger partial charge in [0.2, 0.25) is 0 Å². The van der Waals surface area contributed by atoms with Gasteiger partial charge in [0.05, 0.1) is 0 Å². The Kier molecular flexibility index (Phi) is 15.2. The van der Waals surface area contributed by atoms with Crippen molar-refractivity contribution >= 4 is 16.1 Å². The van der Waals surface area contributed by atoms with Gasteiger partial charge >= 0.3 is 5.97 Å². The highest BCUT2D eigenvalue weighted by Gasteiger charge is 2.20. The molecular weight excluding hydrogens is 340 g/mol. The Morgan fingerprint density at radius 3 is 1.84 bits per heavy atom. The predicted molar refractivity (Wildman–Crippen MR) is 102 cm³/mol. The third-order valence-electron chi connectivity index (χ3n) is 4.31. The lowest BCUT2D eigenvalue weighted by Gasteiger charge is -2.16. The first-order chi connectivity index (χ1) is 11.9. The Morgan fingerprint density at radius 1 is 0.840 bits per heavy atom. The van der Waals surface area contributed by atoms with E-state index in [1.165, 1.54) is 38.5 Å². The summed E-state index contributed by atoms with van der Waals surface area (Å²) in [5.41, 5.74) is 0. The highest BCUT2D eigenvalue weighted by molar-refractivity contribution is 7.85. The fraction of sp³-hybridized carbons (Fsp3) is 0.947. The van der Waals surface area contributed by atoms with E-state index in [0.717, 1.165) is 38.5 Å². The second-order valence-electron chi connectivity index (χ2n) is 6.93. The largest absolute Gasteiger partial charge is 0.461 e. The summed E-state index contributed by atoms with van der Waals surface area (Å²) in [4.78, 5) is 11.9. The lowest BCUT2D eigenvalue weighted by atomic mass is 10.1. The minimum atomic E-state index is -4.13. The van der Waals surface area contributed by atoms with E-state index in [2.05, 4.69) is 6.92 Å². The summed E-state index contributed by atoms with van der Waals surface area (Å²) in [5.74, 6) is -0.853. The van der Waals surface area contributed by atoms with Crippen LogP contribution in [0.5, 0.6) is 0 Å². The Morgan fingerprint density at radius 2 is 1.32 bits per heavy atom. The third kappa shape index (κ3) is 18.0. The number of carbonyl (C=O) groups excluding carboxylic acids is 1. The summed E-state index contributed by atoms with van der Waals surface area (Å²) in [5, 5.41) is 0. The molecule has 0 fully saturated rings. The van der Waals surface area contributed by atoms with Crippen LogP contribution in [-0.2, 0) is 19.6 Å². The van der Waals surface area contributed by atoms with Gasteiger partial charge in [-0.15, -0.1) is 0 Å². The molecule has 0 radical (unpaired) electrons. The maximum Gasteiger partial charge on any atom is 0.306 e. The standard InChI is InChI=1S/C19H38O5S/c1-3-5-7-8-9-10-11-12-14-16-19(20)24-18(15-13-6-4-2)17-25(21,22)23/h18H,3-17H2,1-2H3,(H,21,22,23). The van der Waals surface area contributed by atoms with Gasteiger partial charge in [-0.25, -0.2) is 0 Å². The van der Waals surface area contributed by atoms with Gasteiger partial charge < -0.3 is 4.74 Å². The van der Waals surface area contributed by atoms with Crippen molar-refractivity contribution in [3.8, 4) is 0 Å². The molecule has 0 spiro atoms. The fourth-order valence-corrected chi connectivity index (χ4v) is 3.56. The molecule has 150 valence electrons. The number of rotatable bonds is 17. The summed E-state index contributed by atoms with van der Waals surface area (Å²) in [6.07, 6.45) is 13.4. The first-order valence-corrected chi connectivity index (χ1v) is 11.6. The second kappa shape index (κ2) is 15.6. The minimum Gasteiger partial charge on any atom is -0.461 e. The average molecular weight is 379 g/mol. The number of ether oxygens (including phenoxy) is 1. The summed E-state index contributed by atoms with van der Waals surface area (Å²) in [6.45, 7) is 4.26.